The Bertz CT molecular complexity index is 938. The molecule has 1 aromatic carbocycles. The van der Waals surface area contributed by atoms with Crippen molar-refractivity contribution in [1.29, 1.82) is 0 Å². The molecule has 1 spiro atoms. The minimum absolute atomic E-state index is 0.0457. The highest BCUT2D eigenvalue weighted by molar-refractivity contribution is 7.89. The Kier molecular flexibility index (Phi) is 4.61. The fourth-order valence-corrected chi connectivity index (χ4v) is 4.88. The van der Waals surface area contributed by atoms with Gasteiger partial charge in [0.05, 0.1) is 12.2 Å². The number of piperidine rings is 1. The van der Waals surface area contributed by atoms with Gasteiger partial charge < -0.3 is 9.64 Å². The zero-order chi connectivity index (χ0) is 18.9. The maximum atomic E-state index is 12.6. The number of ether oxygens (including phenoxy) is 1. The molecule has 1 aromatic heterocycles. The molecule has 0 bridgehead atoms. The first-order chi connectivity index (χ1) is 13.0. The summed E-state index contributed by atoms with van der Waals surface area (Å²) in [5.74, 6) is 0.327. The Labute approximate surface area is 158 Å². The van der Waals surface area contributed by atoms with E-state index in [1.807, 2.05) is 0 Å². The maximum absolute atomic E-state index is 12.6. The van der Waals surface area contributed by atoms with E-state index >= 15 is 0 Å². The van der Waals surface area contributed by atoms with Crippen molar-refractivity contribution in [3.63, 3.8) is 0 Å². The van der Waals surface area contributed by atoms with Gasteiger partial charge in [0.25, 0.3) is 5.91 Å². The summed E-state index contributed by atoms with van der Waals surface area (Å²) in [6.45, 7) is 1.83. The molecule has 1 saturated heterocycles. The molecule has 0 saturated carbocycles. The number of nitrogens with one attached hydrogen (secondary N) is 1. The van der Waals surface area contributed by atoms with Crippen molar-refractivity contribution in [3.8, 4) is 5.75 Å². The molecule has 2 aromatic rings. The van der Waals surface area contributed by atoms with Crippen molar-refractivity contribution in [2.75, 3.05) is 26.2 Å². The molecule has 0 atom stereocenters. The minimum Gasteiger partial charge on any atom is -0.492 e. The van der Waals surface area contributed by atoms with Crippen LogP contribution in [0.2, 0.25) is 0 Å². The van der Waals surface area contributed by atoms with Crippen molar-refractivity contribution >= 4 is 15.9 Å². The molecular formula is C19H21N3O4S. The lowest BCUT2D eigenvalue weighted by Crippen LogP contribution is -2.51. The predicted molar refractivity (Wildman–Crippen MR) is 98.9 cm³/mol. The number of pyridine rings is 1. The van der Waals surface area contributed by atoms with E-state index in [-0.39, 0.29) is 16.2 Å². The molecule has 1 N–H and O–H groups in total. The van der Waals surface area contributed by atoms with Gasteiger partial charge in [0.15, 0.2) is 0 Å². The molecular weight excluding hydrogens is 366 g/mol. The number of fused-ring (bicyclic) bond motifs is 1. The lowest BCUT2D eigenvalue weighted by Gasteiger charge is -2.42. The van der Waals surface area contributed by atoms with Crippen LogP contribution in [0.4, 0.5) is 0 Å². The van der Waals surface area contributed by atoms with Crippen molar-refractivity contribution in [1.82, 2.24) is 14.6 Å². The monoisotopic (exact) mass is 387 g/mol. The van der Waals surface area contributed by atoms with E-state index in [9.17, 15) is 13.2 Å². The molecule has 142 valence electrons. The van der Waals surface area contributed by atoms with Gasteiger partial charge in [0.1, 0.15) is 10.6 Å². The summed E-state index contributed by atoms with van der Waals surface area (Å²) >= 11 is 0. The van der Waals surface area contributed by atoms with E-state index in [2.05, 4.69) is 9.71 Å². The topological polar surface area (TPSA) is 88.6 Å². The third-order valence-electron chi connectivity index (χ3n) is 5.33. The molecule has 2 aliphatic rings. The van der Waals surface area contributed by atoms with Crippen LogP contribution in [0.5, 0.6) is 5.75 Å². The SMILES string of the molecule is O=C(c1cccnc1)N1CCC2(CC1)CNS(=O)(=O)c1ccccc1OC2. The molecule has 1 fully saturated rings. The van der Waals surface area contributed by atoms with Gasteiger partial charge in [-0.3, -0.25) is 9.78 Å². The van der Waals surface area contributed by atoms with Gasteiger partial charge in [-0.2, -0.15) is 0 Å². The van der Waals surface area contributed by atoms with E-state index in [0.717, 1.165) is 0 Å². The molecule has 0 radical (unpaired) electrons. The number of para-hydroxylation sites is 1. The van der Waals surface area contributed by atoms with Gasteiger partial charge >= 0.3 is 0 Å². The number of sulfonamides is 1. The van der Waals surface area contributed by atoms with Crippen LogP contribution in [0.15, 0.2) is 53.7 Å². The Morgan fingerprint density at radius 2 is 1.93 bits per heavy atom. The Balaban J connectivity index is 1.49. The first-order valence-corrected chi connectivity index (χ1v) is 10.4. The van der Waals surface area contributed by atoms with Crippen LogP contribution in [0, 0.1) is 5.41 Å². The molecule has 2 aliphatic heterocycles. The average molecular weight is 387 g/mol. The van der Waals surface area contributed by atoms with E-state index in [1.54, 1.807) is 53.7 Å². The molecule has 3 heterocycles. The second-order valence-electron chi connectivity index (χ2n) is 7.09. The third kappa shape index (κ3) is 3.54. The van der Waals surface area contributed by atoms with Crippen molar-refractivity contribution in [2.24, 2.45) is 5.41 Å². The third-order valence-corrected chi connectivity index (χ3v) is 6.77. The Hall–Kier alpha value is -2.45. The van der Waals surface area contributed by atoms with Gasteiger partial charge in [0, 0.05) is 37.4 Å². The standard InChI is InChI=1S/C19H21N3O4S/c23-18(15-4-3-9-20-12-15)22-10-7-19(8-11-22)13-21-27(24,25)17-6-2-1-5-16(17)26-14-19/h1-6,9,12,21H,7-8,10-11,13-14H2. The second kappa shape index (κ2) is 6.94. The number of hydrogen-bond donors (Lipinski definition) is 1. The average Bonchev–Trinajstić information content (AvgIpc) is 2.71. The van der Waals surface area contributed by atoms with Crippen molar-refractivity contribution < 1.29 is 17.9 Å². The number of carbonyl (C=O) groups excluding carboxylic acids is 1. The number of amides is 1. The molecule has 27 heavy (non-hydrogen) atoms. The molecule has 0 unspecified atom stereocenters. The highest BCUT2D eigenvalue weighted by Gasteiger charge is 2.40. The van der Waals surface area contributed by atoms with Crippen LogP contribution in [0.3, 0.4) is 0 Å². The number of benzene rings is 1. The van der Waals surface area contributed by atoms with Gasteiger partial charge in [-0.15, -0.1) is 0 Å². The van der Waals surface area contributed by atoms with Crippen LogP contribution >= 0.6 is 0 Å². The van der Waals surface area contributed by atoms with E-state index in [0.29, 0.717) is 50.4 Å². The predicted octanol–water partition coefficient (Wildman–Crippen LogP) is 1.67. The normalized spacial score (nSPS) is 20.8. The summed E-state index contributed by atoms with van der Waals surface area (Å²) in [6, 6.07) is 10.2. The zero-order valence-corrected chi connectivity index (χ0v) is 15.6. The summed E-state index contributed by atoms with van der Waals surface area (Å²) < 4.78 is 33.8. The molecule has 8 heteroatoms. The van der Waals surface area contributed by atoms with Crippen molar-refractivity contribution in [3.05, 3.63) is 54.4 Å². The quantitative estimate of drug-likeness (QED) is 0.804. The number of nitrogens with zero attached hydrogens (tertiary/aromatic N) is 2. The highest BCUT2D eigenvalue weighted by Crippen LogP contribution is 2.36. The number of rotatable bonds is 1. The zero-order valence-electron chi connectivity index (χ0n) is 14.8. The first kappa shape index (κ1) is 17.9. The number of likely N-dealkylation sites (tertiary alicyclic amines) is 1. The van der Waals surface area contributed by atoms with Crippen LogP contribution in [-0.2, 0) is 10.0 Å². The first-order valence-electron chi connectivity index (χ1n) is 8.90. The fraction of sp³-hybridized carbons (Fsp3) is 0.368. The number of carbonyl (C=O) groups is 1. The van der Waals surface area contributed by atoms with Crippen LogP contribution in [-0.4, -0.2) is 50.5 Å². The fourth-order valence-electron chi connectivity index (χ4n) is 3.58. The van der Waals surface area contributed by atoms with Gasteiger partial charge in [0.2, 0.25) is 10.0 Å². The molecule has 1 amide bonds. The summed E-state index contributed by atoms with van der Waals surface area (Å²) in [5, 5.41) is 0. The summed E-state index contributed by atoms with van der Waals surface area (Å²) in [5.41, 5.74) is 0.240. The maximum Gasteiger partial charge on any atom is 0.255 e. The minimum atomic E-state index is -3.61. The smallest absolute Gasteiger partial charge is 0.255 e. The second-order valence-corrected chi connectivity index (χ2v) is 8.83. The Morgan fingerprint density at radius 3 is 2.67 bits per heavy atom. The van der Waals surface area contributed by atoms with Crippen LogP contribution in [0.25, 0.3) is 0 Å². The number of aromatic nitrogens is 1. The van der Waals surface area contributed by atoms with Crippen LogP contribution in [0.1, 0.15) is 23.2 Å². The lowest BCUT2D eigenvalue weighted by molar-refractivity contribution is 0.0420. The Morgan fingerprint density at radius 1 is 1.15 bits per heavy atom. The van der Waals surface area contributed by atoms with E-state index < -0.39 is 10.0 Å². The van der Waals surface area contributed by atoms with Crippen molar-refractivity contribution in [2.45, 2.75) is 17.7 Å². The van der Waals surface area contributed by atoms with Gasteiger partial charge in [-0.05, 0) is 37.1 Å². The summed E-state index contributed by atoms with van der Waals surface area (Å²) in [6.07, 6.45) is 4.54. The van der Waals surface area contributed by atoms with Gasteiger partial charge in [-0.1, -0.05) is 12.1 Å². The van der Waals surface area contributed by atoms with E-state index in [4.69, 9.17) is 4.74 Å². The summed E-state index contributed by atoms with van der Waals surface area (Å²) in [4.78, 5) is 18.6. The molecule has 0 aliphatic carbocycles. The van der Waals surface area contributed by atoms with Crippen LogP contribution < -0.4 is 9.46 Å². The van der Waals surface area contributed by atoms with Gasteiger partial charge in [-0.25, -0.2) is 13.1 Å². The summed E-state index contributed by atoms with van der Waals surface area (Å²) in [7, 11) is -3.61. The van der Waals surface area contributed by atoms with E-state index in [1.165, 1.54) is 0 Å². The highest BCUT2D eigenvalue weighted by atomic mass is 32.2. The largest absolute Gasteiger partial charge is 0.492 e. The molecule has 7 nitrogen and oxygen atoms in total. The lowest BCUT2D eigenvalue weighted by atomic mass is 9.79. The molecule has 4 rings (SSSR count). The number of hydrogen-bond acceptors (Lipinski definition) is 5.